The second kappa shape index (κ2) is 6.39. The highest BCUT2D eigenvalue weighted by Crippen LogP contribution is 2.48. The van der Waals surface area contributed by atoms with Crippen molar-refractivity contribution in [1.82, 2.24) is 5.01 Å². The van der Waals surface area contributed by atoms with Crippen molar-refractivity contribution in [1.29, 1.82) is 0 Å². The Labute approximate surface area is 161 Å². The van der Waals surface area contributed by atoms with E-state index in [1.165, 1.54) is 12.1 Å². The number of hydrazone groups is 1. The van der Waals surface area contributed by atoms with Crippen LogP contribution in [-0.2, 0) is 0 Å². The summed E-state index contributed by atoms with van der Waals surface area (Å²) in [7, 11) is 0. The van der Waals surface area contributed by atoms with E-state index in [4.69, 9.17) is 21.4 Å². The van der Waals surface area contributed by atoms with Gasteiger partial charge in [0.25, 0.3) is 0 Å². The van der Waals surface area contributed by atoms with Gasteiger partial charge in [0.2, 0.25) is 6.23 Å². The minimum Gasteiger partial charge on any atom is -0.464 e. The van der Waals surface area contributed by atoms with E-state index in [9.17, 15) is 4.39 Å². The van der Waals surface area contributed by atoms with E-state index in [2.05, 4.69) is 0 Å². The zero-order valence-corrected chi connectivity index (χ0v) is 15.1. The Morgan fingerprint density at radius 2 is 1.78 bits per heavy atom. The van der Waals surface area contributed by atoms with Crippen LogP contribution in [0.15, 0.2) is 77.9 Å². The van der Waals surface area contributed by atoms with Crippen molar-refractivity contribution in [2.45, 2.75) is 18.7 Å². The Hall–Kier alpha value is -2.85. The lowest BCUT2D eigenvalue weighted by Gasteiger charge is -2.38. The molecule has 0 aliphatic carbocycles. The van der Waals surface area contributed by atoms with Gasteiger partial charge in [0, 0.05) is 22.6 Å². The summed E-state index contributed by atoms with van der Waals surface area (Å²) in [5, 5.41) is 7.52. The summed E-state index contributed by atoms with van der Waals surface area (Å²) in [5.74, 6) is 0.572. The second-order valence-corrected chi connectivity index (χ2v) is 7.15. The van der Waals surface area contributed by atoms with Gasteiger partial charge in [-0.1, -0.05) is 54.1 Å². The van der Waals surface area contributed by atoms with Crippen LogP contribution < -0.4 is 4.74 Å². The van der Waals surface area contributed by atoms with Crippen LogP contribution in [0.4, 0.5) is 4.39 Å². The summed E-state index contributed by atoms with van der Waals surface area (Å²) >= 11 is 6.24. The first kappa shape index (κ1) is 16.3. The van der Waals surface area contributed by atoms with Gasteiger partial charge in [0.05, 0.1) is 11.8 Å². The first-order chi connectivity index (χ1) is 13.2. The van der Waals surface area contributed by atoms with Crippen LogP contribution in [0.1, 0.15) is 35.4 Å². The first-order valence-corrected chi connectivity index (χ1v) is 9.19. The van der Waals surface area contributed by atoms with E-state index in [1.807, 2.05) is 53.5 Å². The molecule has 0 N–H and O–H groups in total. The maximum atomic E-state index is 13.3. The van der Waals surface area contributed by atoms with Gasteiger partial charge in [-0.05, 0) is 35.9 Å². The van der Waals surface area contributed by atoms with Crippen molar-refractivity contribution in [2.75, 3.05) is 0 Å². The number of fused-ring (bicyclic) bond motifs is 3. The highest BCUT2D eigenvalue weighted by Gasteiger charge is 2.41. The molecule has 0 aromatic heterocycles. The minimum atomic E-state index is -0.317. The molecule has 2 aliphatic heterocycles. The van der Waals surface area contributed by atoms with Gasteiger partial charge in [0.1, 0.15) is 11.6 Å². The number of benzene rings is 3. The van der Waals surface area contributed by atoms with Crippen LogP contribution in [0.5, 0.6) is 5.75 Å². The van der Waals surface area contributed by atoms with Gasteiger partial charge in [-0.2, -0.15) is 5.10 Å². The van der Waals surface area contributed by atoms with E-state index in [0.717, 1.165) is 28.2 Å². The maximum Gasteiger partial charge on any atom is 0.213 e. The molecule has 0 fully saturated rings. The summed E-state index contributed by atoms with van der Waals surface area (Å²) in [6.07, 6.45) is 0.397. The topological polar surface area (TPSA) is 24.8 Å². The van der Waals surface area contributed by atoms with Crippen LogP contribution in [-0.4, -0.2) is 10.7 Å². The Kier molecular flexibility index (Phi) is 3.87. The van der Waals surface area contributed by atoms with Crippen molar-refractivity contribution in [3.63, 3.8) is 0 Å². The molecule has 2 atom stereocenters. The molecule has 0 bridgehead atoms. The van der Waals surface area contributed by atoms with Crippen molar-refractivity contribution in [2.24, 2.45) is 5.10 Å². The molecule has 5 rings (SSSR count). The van der Waals surface area contributed by atoms with E-state index in [1.54, 1.807) is 12.1 Å². The fourth-order valence-electron chi connectivity index (χ4n) is 3.71. The Balaban J connectivity index is 1.60. The molecule has 3 aromatic rings. The molecule has 0 amide bonds. The molecule has 0 unspecified atom stereocenters. The number of hydrogen-bond donors (Lipinski definition) is 0. The summed E-state index contributed by atoms with van der Waals surface area (Å²) in [6.45, 7) is 0. The van der Waals surface area contributed by atoms with Crippen LogP contribution in [0.2, 0.25) is 5.02 Å². The molecule has 0 saturated carbocycles. The SMILES string of the molecule is Fc1ccc(C2=NN3[C@H](C2)c2cc(Cl)ccc2O[C@H]3c2ccccc2)cc1. The summed E-state index contributed by atoms with van der Waals surface area (Å²) in [4.78, 5) is 0. The van der Waals surface area contributed by atoms with Gasteiger partial charge in [-0.25, -0.2) is 9.40 Å². The van der Waals surface area contributed by atoms with Crippen LogP contribution in [0.25, 0.3) is 0 Å². The van der Waals surface area contributed by atoms with Crippen molar-refractivity contribution in [3.05, 3.63) is 100 Å². The quantitative estimate of drug-likeness (QED) is 0.569. The van der Waals surface area contributed by atoms with Crippen molar-refractivity contribution >= 4 is 17.3 Å². The predicted molar refractivity (Wildman–Crippen MR) is 103 cm³/mol. The molecular formula is C22H16ClFN2O. The van der Waals surface area contributed by atoms with E-state index < -0.39 is 0 Å². The number of rotatable bonds is 2. The predicted octanol–water partition coefficient (Wildman–Crippen LogP) is 5.72. The molecule has 3 aromatic carbocycles. The molecule has 27 heavy (non-hydrogen) atoms. The second-order valence-electron chi connectivity index (χ2n) is 6.72. The summed E-state index contributed by atoms with van der Waals surface area (Å²) in [6, 6.07) is 22.2. The standard InChI is InChI=1S/C22H16ClFN2O/c23-16-8-11-21-18(12-16)20-13-19(14-6-9-17(24)10-7-14)25-26(20)22(27-21)15-4-2-1-3-5-15/h1-12,20,22H,13H2/t20-,22+/m1/s1. The van der Waals surface area contributed by atoms with Gasteiger partial charge < -0.3 is 4.74 Å². The Morgan fingerprint density at radius 1 is 1.00 bits per heavy atom. The third-order valence-electron chi connectivity index (χ3n) is 5.01. The molecule has 3 nitrogen and oxygen atoms in total. The van der Waals surface area contributed by atoms with E-state index >= 15 is 0 Å². The molecule has 0 saturated heterocycles. The van der Waals surface area contributed by atoms with Crippen LogP contribution >= 0.6 is 11.6 Å². The average molecular weight is 379 g/mol. The Bertz CT molecular complexity index is 1020. The largest absolute Gasteiger partial charge is 0.464 e. The van der Waals surface area contributed by atoms with Gasteiger partial charge >= 0.3 is 0 Å². The fourth-order valence-corrected chi connectivity index (χ4v) is 3.89. The zero-order valence-electron chi connectivity index (χ0n) is 14.3. The molecule has 0 spiro atoms. The normalized spacial score (nSPS) is 20.5. The van der Waals surface area contributed by atoms with Gasteiger partial charge in [-0.15, -0.1) is 0 Å². The summed E-state index contributed by atoms with van der Waals surface area (Å²) < 4.78 is 19.6. The Morgan fingerprint density at radius 3 is 2.56 bits per heavy atom. The third-order valence-corrected chi connectivity index (χ3v) is 5.25. The lowest BCUT2D eigenvalue weighted by Crippen LogP contribution is -2.33. The average Bonchev–Trinajstić information content (AvgIpc) is 3.14. The molecule has 2 heterocycles. The first-order valence-electron chi connectivity index (χ1n) is 8.82. The fraction of sp³-hybridized carbons (Fsp3) is 0.136. The van der Waals surface area contributed by atoms with Crippen molar-refractivity contribution < 1.29 is 9.13 Å². The lowest BCUT2D eigenvalue weighted by atomic mass is 9.96. The maximum absolute atomic E-state index is 13.3. The monoisotopic (exact) mass is 378 g/mol. The van der Waals surface area contributed by atoms with Crippen LogP contribution in [0.3, 0.4) is 0 Å². The number of halogens is 2. The number of nitrogens with zero attached hydrogens (tertiary/aromatic N) is 2. The molecule has 0 radical (unpaired) electrons. The van der Waals surface area contributed by atoms with E-state index in [0.29, 0.717) is 11.4 Å². The van der Waals surface area contributed by atoms with E-state index in [-0.39, 0.29) is 18.1 Å². The zero-order chi connectivity index (χ0) is 18.4. The molecule has 2 aliphatic rings. The lowest BCUT2D eigenvalue weighted by molar-refractivity contribution is -0.0190. The van der Waals surface area contributed by atoms with Gasteiger partial charge in [0.15, 0.2) is 0 Å². The molecule has 5 heteroatoms. The highest BCUT2D eigenvalue weighted by atomic mass is 35.5. The smallest absolute Gasteiger partial charge is 0.213 e. The van der Waals surface area contributed by atoms with Gasteiger partial charge in [-0.3, -0.25) is 0 Å². The van der Waals surface area contributed by atoms with Crippen molar-refractivity contribution in [3.8, 4) is 5.75 Å². The summed E-state index contributed by atoms with van der Waals surface area (Å²) in [5.41, 5.74) is 3.89. The minimum absolute atomic E-state index is 0.0257. The third kappa shape index (κ3) is 2.86. The molecular weight excluding hydrogens is 363 g/mol. The van der Waals surface area contributed by atoms with Crippen LogP contribution in [0, 0.1) is 5.82 Å². The number of hydrogen-bond acceptors (Lipinski definition) is 3. The molecule has 134 valence electrons. The highest BCUT2D eigenvalue weighted by molar-refractivity contribution is 6.30. The number of ether oxygens (including phenoxy) is 1.